The minimum absolute atomic E-state index is 0.0150. The van der Waals surface area contributed by atoms with Gasteiger partial charge in [-0.2, -0.15) is 0 Å². The normalized spacial score (nSPS) is 18.1. The molecule has 0 spiro atoms. The zero-order chi connectivity index (χ0) is 26.0. The number of methoxy groups -OCH3 is 2. The number of amides is 1. The van der Waals surface area contributed by atoms with Gasteiger partial charge in [-0.15, -0.1) is 0 Å². The van der Waals surface area contributed by atoms with Crippen molar-refractivity contribution in [2.45, 2.75) is 39.8 Å². The first kappa shape index (κ1) is 25.8. The molecule has 2 aromatic rings. The molecule has 1 atom stereocenters. The maximum Gasteiger partial charge on any atom is 0.343 e. The van der Waals surface area contributed by atoms with E-state index in [4.69, 9.17) is 14.2 Å². The Morgan fingerprint density at radius 3 is 2.50 bits per heavy atom. The number of ether oxygens (including phenoxy) is 3. The van der Waals surface area contributed by atoms with E-state index in [-0.39, 0.29) is 29.7 Å². The number of nitrogens with zero attached hydrogens (tertiary/aromatic N) is 3. The molecule has 2 aliphatic rings. The minimum Gasteiger partial charge on any atom is -0.496 e. The van der Waals surface area contributed by atoms with Crippen molar-refractivity contribution in [3.8, 4) is 11.5 Å². The number of rotatable bonds is 7. The van der Waals surface area contributed by atoms with Crippen molar-refractivity contribution in [3.63, 3.8) is 0 Å². The molecule has 1 aromatic heterocycles. The average Bonchev–Trinajstić information content (AvgIpc) is 3.04. The first-order chi connectivity index (χ1) is 17.2. The van der Waals surface area contributed by atoms with Crippen molar-refractivity contribution >= 4 is 11.9 Å². The monoisotopic (exact) mass is 497 g/mol. The number of esters is 1. The Hall–Kier alpha value is -3.33. The molecule has 0 unspecified atom stereocenters. The van der Waals surface area contributed by atoms with Crippen LogP contribution in [0.1, 0.15) is 39.2 Å². The van der Waals surface area contributed by atoms with Crippen LogP contribution in [0.15, 0.2) is 23.0 Å². The number of hydrogen-bond acceptors (Lipinski definition) is 7. The highest BCUT2D eigenvalue weighted by Gasteiger charge is 2.30. The Bertz CT molecular complexity index is 1220. The van der Waals surface area contributed by atoms with Gasteiger partial charge in [0.1, 0.15) is 17.1 Å². The van der Waals surface area contributed by atoms with E-state index >= 15 is 0 Å². The van der Waals surface area contributed by atoms with Crippen molar-refractivity contribution in [1.82, 2.24) is 14.4 Å². The van der Waals surface area contributed by atoms with Gasteiger partial charge < -0.3 is 23.7 Å². The van der Waals surface area contributed by atoms with E-state index in [9.17, 15) is 14.4 Å². The summed E-state index contributed by atoms with van der Waals surface area (Å²) in [7, 11) is 4.77. The van der Waals surface area contributed by atoms with Crippen LogP contribution < -0.4 is 15.0 Å². The van der Waals surface area contributed by atoms with Crippen molar-refractivity contribution in [3.05, 3.63) is 56.5 Å². The molecule has 1 fully saturated rings. The summed E-state index contributed by atoms with van der Waals surface area (Å²) in [5.74, 6) is 0.663. The molecule has 2 aliphatic heterocycles. The predicted molar refractivity (Wildman–Crippen MR) is 135 cm³/mol. The second-order valence-electron chi connectivity index (χ2n) is 9.67. The Morgan fingerprint density at radius 1 is 1.06 bits per heavy atom. The van der Waals surface area contributed by atoms with Crippen molar-refractivity contribution in [2.24, 2.45) is 5.92 Å². The van der Waals surface area contributed by atoms with Gasteiger partial charge in [-0.05, 0) is 36.6 Å². The average molecular weight is 498 g/mol. The highest BCUT2D eigenvalue weighted by Crippen LogP contribution is 2.28. The van der Waals surface area contributed by atoms with Crippen LogP contribution in [0.5, 0.6) is 11.5 Å². The number of carbonyl (C=O) groups is 2. The maximum atomic E-state index is 13.1. The number of pyridine rings is 1. The van der Waals surface area contributed by atoms with Crippen LogP contribution in [0.2, 0.25) is 0 Å². The van der Waals surface area contributed by atoms with Gasteiger partial charge in [0.15, 0.2) is 0 Å². The lowest BCUT2D eigenvalue weighted by Crippen LogP contribution is -2.29. The molecule has 1 amide bonds. The zero-order valence-electron chi connectivity index (χ0n) is 21.8. The van der Waals surface area contributed by atoms with E-state index in [2.05, 4.69) is 24.8 Å². The molecule has 9 heteroatoms. The van der Waals surface area contributed by atoms with Gasteiger partial charge in [-0.1, -0.05) is 6.07 Å². The van der Waals surface area contributed by atoms with E-state index in [0.29, 0.717) is 50.3 Å². The standard InChI is InChI=1S/C27H35N3O6/c1-17-18(2)22(34-4)7-6-20(17)15-29-9-8-21-26(27(33)35-5)23(13-25(32)30(21)11-10-29)36-16-19-12-24(31)28(3)14-19/h6-7,13,19H,8-12,14-16H2,1-5H3/t19-/m1/s1. The molecule has 194 valence electrons. The van der Waals surface area contributed by atoms with Crippen LogP contribution in [0, 0.1) is 19.8 Å². The largest absolute Gasteiger partial charge is 0.496 e. The second kappa shape index (κ2) is 10.7. The molecule has 0 bridgehead atoms. The molecular formula is C27H35N3O6. The molecule has 4 rings (SSSR count). The van der Waals surface area contributed by atoms with Gasteiger partial charge in [0.25, 0.3) is 5.56 Å². The number of benzene rings is 1. The van der Waals surface area contributed by atoms with Gasteiger partial charge in [0.05, 0.1) is 20.8 Å². The predicted octanol–water partition coefficient (Wildman–Crippen LogP) is 2.18. The van der Waals surface area contributed by atoms with Crippen LogP contribution >= 0.6 is 0 Å². The quantitative estimate of drug-likeness (QED) is 0.542. The maximum absolute atomic E-state index is 13.1. The second-order valence-corrected chi connectivity index (χ2v) is 9.67. The van der Waals surface area contributed by atoms with Crippen molar-refractivity contribution < 1.29 is 23.8 Å². The highest BCUT2D eigenvalue weighted by atomic mass is 16.5. The third kappa shape index (κ3) is 5.11. The Labute approximate surface area is 211 Å². The Kier molecular flexibility index (Phi) is 7.68. The summed E-state index contributed by atoms with van der Waals surface area (Å²) in [6.45, 7) is 7.56. The summed E-state index contributed by atoms with van der Waals surface area (Å²) in [5.41, 5.74) is 4.25. The van der Waals surface area contributed by atoms with Crippen LogP contribution in [-0.4, -0.2) is 73.8 Å². The summed E-state index contributed by atoms with van der Waals surface area (Å²) in [6.07, 6.45) is 0.906. The van der Waals surface area contributed by atoms with E-state index in [1.807, 2.05) is 6.07 Å². The van der Waals surface area contributed by atoms with Crippen LogP contribution in [0.4, 0.5) is 0 Å². The van der Waals surface area contributed by atoms with Gasteiger partial charge in [-0.25, -0.2) is 4.79 Å². The number of fused-ring (bicyclic) bond motifs is 1. The van der Waals surface area contributed by atoms with Gasteiger partial charge >= 0.3 is 5.97 Å². The lowest BCUT2D eigenvalue weighted by Gasteiger charge is -2.22. The molecule has 0 radical (unpaired) electrons. The molecule has 9 nitrogen and oxygen atoms in total. The third-order valence-electron chi connectivity index (χ3n) is 7.43. The topological polar surface area (TPSA) is 90.3 Å². The lowest BCUT2D eigenvalue weighted by molar-refractivity contribution is -0.126. The highest BCUT2D eigenvalue weighted by molar-refractivity contribution is 5.93. The van der Waals surface area contributed by atoms with Crippen LogP contribution in [0.3, 0.4) is 0 Å². The first-order valence-corrected chi connectivity index (χ1v) is 12.3. The minimum atomic E-state index is -0.525. The molecule has 3 heterocycles. The number of likely N-dealkylation sites (tertiary alicyclic amines) is 1. The van der Waals surface area contributed by atoms with Gasteiger partial charge in [0, 0.05) is 70.3 Å². The molecule has 0 aliphatic carbocycles. The molecule has 0 saturated carbocycles. The fourth-order valence-electron chi connectivity index (χ4n) is 5.15. The van der Waals surface area contributed by atoms with Gasteiger partial charge in [0.2, 0.25) is 5.91 Å². The lowest BCUT2D eigenvalue weighted by atomic mass is 10.0. The number of hydrogen-bond donors (Lipinski definition) is 0. The van der Waals surface area contributed by atoms with Crippen LogP contribution in [-0.2, 0) is 29.0 Å². The summed E-state index contributed by atoms with van der Waals surface area (Å²) < 4.78 is 18.2. The fourth-order valence-corrected chi connectivity index (χ4v) is 5.15. The molecule has 36 heavy (non-hydrogen) atoms. The number of aromatic nitrogens is 1. The smallest absolute Gasteiger partial charge is 0.343 e. The molecule has 0 N–H and O–H groups in total. The third-order valence-corrected chi connectivity index (χ3v) is 7.43. The van der Waals surface area contributed by atoms with E-state index in [0.717, 1.165) is 17.9 Å². The van der Waals surface area contributed by atoms with Crippen LogP contribution in [0.25, 0.3) is 0 Å². The Balaban J connectivity index is 1.57. The summed E-state index contributed by atoms with van der Waals surface area (Å²) in [5, 5.41) is 0. The van der Waals surface area contributed by atoms with Crippen molar-refractivity contribution in [2.75, 3.05) is 47.5 Å². The first-order valence-electron chi connectivity index (χ1n) is 12.3. The van der Waals surface area contributed by atoms with E-state index < -0.39 is 5.97 Å². The van der Waals surface area contributed by atoms with E-state index in [1.165, 1.54) is 24.3 Å². The summed E-state index contributed by atoms with van der Waals surface area (Å²) in [6, 6.07) is 5.45. The number of carbonyl (C=O) groups excluding carboxylic acids is 2. The summed E-state index contributed by atoms with van der Waals surface area (Å²) >= 11 is 0. The van der Waals surface area contributed by atoms with Crippen molar-refractivity contribution in [1.29, 1.82) is 0 Å². The van der Waals surface area contributed by atoms with E-state index in [1.54, 1.807) is 23.6 Å². The zero-order valence-corrected chi connectivity index (χ0v) is 21.8. The molecule has 1 aromatic carbocycles. The Morgan fingerprint density at radius 2 is 1.83 bits per heavy atom. The molecular weight excluding hydrogens is 462 g/mol. The van der Waals surface area contributed by atoms with Gasteiger partial charge in [-0.3, -0.25) is 14.5 Å². The SMILES string of the molecule is COC(=O)c1c(OC[C@@H]2CC(=O)N(C)C2)cc(=O)n2c1CCN(Cc1ccc(OC)c(C)c1C)CC2. The fraction of sp³-hybridized carbons (Fsp3) is 0.519. The molecule has 1 saturated heterocycles. The summed E-state index contributed by atoms with van der Waals surface area (Å²) in [4.78, 5) is 41.7.